The van der Waals surface area contributed by atoms with Gasteiger partial charge in [-0.25, -0.2) is 0 Å². The van der Waals surface area contributed by atoms with E-state index in [2.05, 4.69) is 5.32 Å². The van der Waals surface area contributed by atoms with E-state index in [-0.39, 0.29) is 36.6 Å². The Labute approximate surface area is 223 Å². The highest BCUT2D eigenvalue weighted by Crippen LogP contribution is 2.55. The van der Waals surface area contributed by atoms with E-state index in [0.717, 1.165) is 11.1 Å². The molecule has 39 heavy (non-hydrogen) atoms. The fraction of sp³-hybridized carbons (Fsp3) is 0.276. The number of phenols is 1. The van der Waals surface area contributed by atoms with Crippen LogP contribution in [0.3, 0.4) is 0 Å². The summed E-state index contributed by atoms with van der Waals surface area (Å²) in [5.74, 6) is -1.08. The van der Waals surface area contributed by atoms with Crippen LogP contribution in [0.2, 0.25) is 0 Å². The zero-order chi connectivity index (χ0) is 27.3. The zero-order valence-corrected chi connectivity index (χ0v) is 21.1. The predicted octanol–water partition coefficient (Wildman–Crippen LogP) is 3.42. The van der Waals surface area contributed by atoms with Crippen molar-refractivity contribution in [2.75, 3.05) is 27.6 Å². The Morgan fingerprint density at radius 3 is 2.38 bits per heavy atom. The van der Waals surface area contributed by atoms with Crippen molar-refractivity contribution < 1.29 is 38.4 Å². The number of rotatable bonds is 5. The Hall–Kier alpha value is -4.91. The SMILES string of the molecule is COc1cc([C@@H]2c3cc4c(cc3[C@@H](NC(=O)c3cccc(C#N)c3)[C@H]3COC(=O)[C@H]23)OCO4)cc(OC)c1O. The van der Waals surface area contributed by atoms with Gasteiger partial charge >= 0.3 is 5.97 Å². The first kappa shape index (κ1) is 24.4. The molecule has 198 valence electrons. The van der Waals surface area contributed by atoms with Gasteiger partial charge in [-0.3, -0.25) is 9.59 Å². The lowest BCUT2D eigenvalue weighted by molar-refractivity contribution is -0.141. The molecule has 1 aliphatic carbocycles. The average molecular weight is 529 g/mol. The number of amides is 1. The van der Waals surface area contributed by atoms with Gasteiger partial charge in [-0.15, -0.1) is 0 Å². The monoisotopic (exact) mass is 528 g/mol. The molecule has 2 heterocycles. The second-order valence-electron chi connectivity index (χ2n) is 9.55. The molecule has 1 fully saturated rings. The van der Waals surface area contributed by atoms with Gasteiger partial charge in [0.25, 0.3) is 5.91 Å². The molecular formula is C29H24N2O8. The molecule has 6 rings (SSSR count). The average Bonchev–Trinajstić information content (AvgIpc) is 3.58. The normalized spacial score (nSPS) is 22.2. The van der Waals surface area contributed by atoms with Crippen molar-refractivity contribution in [2.45, 2.75) is 12.0 Å². The summed E-state index contributed by atoms with van der Waals surface area (Å²) in [6, 6.07) is 14.9. The molecule has 4 atom stereocenters. The van der Waals surface area contributed by atoms with Crippen molar-refractivity contribution in [1.82, 2.24) is 5.32 Å². The molecule has 1 amide bonds. The molecule has 2 aliphatic heterocycles. The van der Waals surface area contributed by atoms with E-state index < -0.39 is 29.8 Å². The maximum atomic E-state index is 13.4. The largest absolute Gasteiger partial charge is 0.502 e. The van der Waals surface area contributed by atoms with Gasteiger partial charge in [-0.2, -0.15) is 5.26 Å². The van der Waals surface area contributed by atoms with Crippen molar-refractivity contribution in [1.29, 1.82) is 5.26 Å². The summed E-state index contributed by atoms with van der Waals surface area (Å²) in [5.41, 5.74) is 2.85. The van der Waals surface area contributed by atoms with Crippen LogP contribution in [0, 0.1) is 23.2 Å². The number of aromatic hydroxyl groups is 1. The molecule has 0 spiro atoms. The van der Waals surface area contributed by atoms with E-state index in [1.54, 1.807) is 30.3 Å². The number of ether oxygens (including phenoxy) is 5. The molecule has 0 saturated carbocycles. The number of fused-ring (bicyclic) bond motifs is 3. The fourth-order valence-corrected chi connectivity index (χ4v) is 5.80. The summed E-state index contributed by atoms with van der Waals surface area (Å²) in [6.07, 6.45) is 0. The number of benzene rings is 3. The highest BCUT2D eigenvalue weighted by molar-refractivity contribution is 5.95. The minimum atomic E-state index is -0.660. The maximum Gasteiger partial charge on any atom is 0.310 e. The minimum absolute atomic E-state index is 0.0522. The standard InChI is InChI=1S/C29H24N2O8/c1-35-22-7-16(8-23(36-2)27(22)32)24-17-9-20-21(39-13-38-20)10-18(17)26(19-12-37-29(34)25(19)24)31-28(33)15-5-3-4-14(6-15)11-30/h3-10,19,24-26,32H,12-13H2,1-2H3,(H,31,33)/t19-,24+,25-,26+/m0/s1. The van der Waals surface area contributed by atoms with Crippen LogP contribution in [0.15, 0.2) is 48.5 Å². The van der Waals surface area contributed by atoms with Crippen molar-refractivity contribution in [2.24, 2.45) is 11.8 Å². The number of carbonyl (C=O) groups excluding carboxylic acids is 2. The summed E-state index contributed by atoms with van der Waals surface area (Å²) in [7, 11) is 2.87. The highest BCUT2D eigenvalue weighted by Gasteiger charge is 2.53. The van der Waals surface area contributed by atoms with Gasteiger partial charge < -0.3 is 34.1 Å². The number of phenolic OH excluding ortho intramolecular Hbond substituents is 1. The highest BCUT2D eigenvalue weighted by atomic mass is 16.7. The molecule has 2 N–H and O–H groups in total. The second kappa shape index (κ2) is 9.44. The van der Waals surface area contributed by atoms with Gasteiger partial charge in [0.2, 0.25) is 12.5 Å². The van der Waals surface area contributed by atoms with Crippen molar-refractivity contribution in [3.8, 4) is 34.8 Å². The maximum absolute atomic E-state index is 13.4. The van der Waals surface area contributed by atoms with E-state index in [1.165, 1.54) is 20.3 Å². The first-order valence-electron chi connectivity index (χ1n) is 12.3. The summed E-state index contributed by atoms with van der Waals surface area (Å²) < 4.78 is 27.7. The van der Waals surface area contributed by atoms with Crippen LogP contribution in [-0.4, -0.2) is 44.6 Å². The molecule has 0 bridgehead atoms. The van der Waals surface area contributed by atoms with Gasteiger partial charge in [0.1, 0.15) is 0 Å². The van der Waals surface area contributed by atoms with Crippen LogP contribution < -0.4 is 24.3 Å². The zero-order valence-electron chi connectivity index (χ0n) is 21.1. The molecule has 3 aliphatic rings. The van der Waals surface area contributed by atoms with Crippen LogP contribution in [0.4, 0.5) is 0 Å². The number of cyclic esters (lactones) is 1. The number of nitriles is 1. The van der Waals surface area contributed by atoms with Crippen molar-refractivity contribution >= 4 is 11.9 Å². The minimum Gasteiger partial charge on any atom is -0.502 e. The van der Waals surface area contributed by atoms with E-state index in [9.17, 15) is 20.0 Å². The summed E-state index contributed by atoms with van der Waals surface area (Å²) in [6.45, 7) is 0.153. The Bertz CT molecular complexity index is 1520. The summed E-state index contributed by atoms with van der Waals surface area (Å²) >= 11 is 0. The fourth-order valence-electron chi connectivity index (χ4n) is 5.80. The van der Waals surface area contributed by atoms with Crippen LogP contribution >= 0.6 is 0 Å². The summed E-state index contributed by atoms with van der Waals surface area (Å²) in [4.78, 5) is 26.6. The second-order valence-corrected chi connectivity index (χ2v) is 9.55. The van der Waals surface area contributed by atoms with Crippen LogP contribution in [0.25, 0.3) is 0 Å². The van der Waals surface area contributed by atoms with Crippen molar-refractivity contribution in [3.05, 3.63) is 76.3 Å². The van der Waals surface area contributed by atoms with Gasteiger partial charge in [0.15, 0.2) is 23.0 Å². The van der Waals surface area contributed by atoms with Gasteiger partial charge in [-0.05, 0) is 59.2 Å². The molecule has 3 aromatic rings. The number of esters is 1. The lowest BCUT2D eigenvalue weighted by Gasteiger charge is -2.39. The third-order valence-electron chi connectivity index (χ3n) is 7.59. The smallest absolute Gasteiger partial charge is 0.310 e. The number of carbonyl (C=O) groups is 2. The van der Waals surface area contributed by atoms with Crippen LogP contribution in [-0.2, 0) is 9.53 Å². The molecular weight excluding hydrogens is 504 g/mol. The van der Waals surface area contributed by atoms with E-state index in [0.29, 0.717) is 28.2 Å². The molecule has 10 heteroatoms. The van der Waals surface area contributed by atoms with E-state index >= 15 is 0 Å². The Morgan fingerprint density at radius 1 is 1.03 bits per heavy atom. The number of nitrogens with zero attached hydrogens (tertiary/aromatic N) is 1. The van der Waals surface area contributed by atoms with Gasteiger partial charge in [-0.1, -0.05) is 6.07 Å². The van der Waals surface area contributed by atoms with E-state index in [1.807, 2.05) is 18.2 Å². The molecule has 10 nitrogen and oxygen atoms in total. The van der Waals surface area contributed by atoms with Gasteiger partial charge in [0.05, 0.1) is 44.4 Å². The van der Waals surface area contributed by atoms with Crippen LogP contribution in [0.5, 0.6) is 28.7 Å². The summed E-state index contributed by atoms with van der Waals surface area (Å²) in [5, 5.41) is 22.9. The van der Waals surface area contributed by atoms with Crippen molar-refractivity contribution in [3.63, 3.8) is 0 Å². The molecule has 0 radical (unpaired) electrons. The molecule has 0 unspecified atom stereocenters. The molecule has 0 aromatic heterocycles. The number of nitrogens with one attached hydrogen (secondary N) is 1. The lowest BCUT2D eigenvalue weighted by Crippen LogP contribution is -2.42. The lowest BCUT2D eigenvalue weighted by atomic mass is 9.65. The Balaban J connectivity index is 1.51. The number of hydrogen-bond donors (Lipinski definition) is 2. The van der Waals surface area contributed by atoms with E-state index in [4.69, 9.17) is 23.7 Å². The first-order chi connectivity index (χ1) is 18.9. The number of hydrogen-bond acceptors (Lipinski definition) is 9. The quantitative estimate of drug-likeness (QED) is 0.477. The molecule has 3 aromatic carbocycles. The third-order valence-corrected chi connectivity index (χ3v) is 7.59. The molecule has 1 saturated heterocycles. The van der Waals surface area contributed by atoms with Crippen LogP contribution in [0.1, 0.15) is 44.6 Å². The predicted molar refractivity (Wildman–Crippen MR) is 135 cm³/mol. The Kier molecular flexibility index (Phi) is 5.91. The first-order valence-corrected chi connectivity index (χ1v) is 12.3. The third kappa shape index (κ3) is 3.94. The Morgan fingerprint density at radius 2 is 1.72 bits per heavy atom. The topological polar surface area (TPSA) is 136 Å². The van der Waals surface area contributed by atoms with Gasteiger partial charge in [0, 0.05) is 17.4 Å². The number of methoxy groups -OCH3 is 2.